The number of nitrogens with zero attached hydrogens (tertiary/aromatic N) is 2. The molecule has 1 unspecified atom stereocenters. The summed E-state index contributed by atoms with van der Waals surface area (Å²) in [6, 6.07) is 6.19. The standard InChI is InChI=1S/C29H41N3O2S.C6H14.C2H6/c1-7-12-19-35-26(10-4)24-14-13-22(9-3)25(20-24)30-28(21(6)8-2)31-29(34)23-15-17-32(18-16-23)27(33)11-5;1-3-5-6-4-2;1-2/h9-10,12-14,19-21,23H,3,7-8,11,15-18H2,1-2,4-6H3,(H,30,31,34);3-6H2,1-2H3;1-2H3/b19-12+,26-10-;;. The minimum atomic E-state index is -0.105. The zero-order valence-electron chi connectivity index (χ0n) is 28.8. The van der Waals surface area contributed by atoms with Crippen molar-refractivity contribution >= 4 is 46.1 Å². The first kappa shape index (κ1) is 40.4. The number of hydrogen-bond donors (Lipinski definition) is 1. The summed E-state index contributed by atoms with van der Waals surface area (Å²) in [5.41, 5.74) is 2.82. The van der Waals surface area contributed by atoms with E-state index in [1.165, 1.54) is 25.7 Å². The van der Waals surface area contributed by atoms with Crippen molar-refractivity contribution in [2.45, 2.75) is 120 Å². The molecule has 0 aromatic heterocycles. The largest absolute Gasteiger partial charge is 0.343 e. The van der Waals surface area contributed by atoms with Gasteiger partial charge in [0.1, 0.15) is 5.84 Å². The van der Waals surface area contributed by atoms with Gasteiger partial charge in [0.25, 0.3) is 0 Å². The topological polar surface area (TPSA) is 61.8 Å². The smallest absolute Gasteiger partial charge is 0.228 e. The third-order valence-corrected chi connectivity index (χ3v) is 8.43. The summed E-state index contributed by atoms with van der Waals surface area (Å²) in [4.78, 5) is 33.1. The Kier molecular flexibility index (Phi) is 23.3. The van der Waals surface area contributed by atoms with Gasteiger partial charge < -0.3 is 10.2 Å². The lowest BCUT2D eigenvalue weighted by Crippen LogP contribution is -2.45. The van der Waals surface area contributed by atoms with Gasteiger partial charge in [-0.25, -0.2) is 4.99 Å². The van der Waals surface area contributed by atoms with Gasteiger partial charge in [-0.05, 0) is 55.2 Å². The second-order valence-electron chi connectivity index (χ2n) is 10.5. The minimum Gasteiger partial charge on any atom is -0.343 e. The maximum atomic E-state index is 13.2. The van der Waals surface area contributed by atoms with Crippen LogP contribution in [0.25, 0.3) is 11.0 Å². The van der Waals surface area contributed by atoms with Crippen LogP contribution < -0.4 is 5.32 Å². The van der Waals surface area contributed by atoms with E-state index in [0.29, 0.717) is 38.2 Å². The molecule has 1 aromatic rings. The molecule has 0 bridgehead atoms. The van der Waals surface area contributed by atoms with Crippen molar-refractivity contribution in [2.75, 3.05) is 13.1 Å². The average Bonchev–Trinajstić information content (AvgIpc) is 3.05. The molecular weight excluding hydrogens is 550 g/mol. The van der Waals surface area contributed by atoms with Crippen LogP contribution in [0.3, 0.4) is 0 Å². The molecule has 0 saturated carbocycles. The first-order chi connectivity index (χ1) is 20.8. The molecule has 5 nitrogen and oxygen atoms in total. The third-order valence-electron chi connectivity index (χ3n) is 7.37. The van der Waals surface area contributed by atoms with E-state index in [0.717, 1.165) is 34.6 Å². The van der Waals surface area contributed by atoms with Gasteiger partial charge in [-0.1, -0.05) is 130 Å². The van der Waals surface area contributed by atoms with Crippen LogP contribution >= 0.6 is 11.8 Å². The van der Waals surface area contributed by atoms with E-state index >= 15 is 0 Å². The number of nitrogens with one attached hydrogen (secondary N) is 1. The highest BCUT2D eigenvalue weighted by Crippen LogP contribution is 2.33. The number of rotatable bonds is 13. The molecule has 1 fully saturated rings. The van der Waals surface area contributed by atoms with E-state index in [1.807, 2.05) is 38.7 Å². The summed E-state index contributed by atoms with van der Waals surface area (Å²) >= 11 is 1.69. The molecule has 0 aliphatic carbocycles. The number of allylic oxidation sites excluding steroid dienone is 2. The Balaban J connectivity index is 0.00000196. The SMILES string of the molecule is C=Cc1ccc(/C(=C/C)S/C=C/CC)cc1N=C(NC(=O)C1CCN(C(=O)CC)CC1)C(C)CC.CC.CCCCCC. The maximum absolute atomic E-state index is 13.2. The Hall–Kier alpha value is -2.60. The second-order valence-corrected chi connectivity index (χ2v) is 11.5. The summed E-state index contributed by atoms with van der Waals surface area (Å²) in [6.45, 7) is 23.9. The number of benzene rings is 1. The molecule has 1 heterocycles. The van der Waals surface area contributed by atoms with E-state index in [-0.39, 0.29) is 23.7 Å². The van der Waals surface area contributed by atoms with Crippen molar-refractivity contribution in [2.24, 2.45) is 16.8 Å². The summed E-state index contributed by atoms with van der Waals surface area (Å²) in [5.74, 6) is 0.840. The molecule has 2 rings (SSSR count). The van der Waals surface area contributed by atoms with Gasteiger partial charge in [0.2, 0.25) is 11.8 Å². The molecule has 1 aromatic carbocycles. The average molecular weight is 612 g/mol. The quantitative estimate of drug-likeness (QED) is 0.137. The van der Waals surface area contributed by atoms with Crippen molar-refractivity contribution in [3.8, 4) is 0 Å². The number of unbranched alkanes of at least 4 members (excludes halogenated alkanes) is 3. The van der Waals surface area contributed by atoms with E-state index in [2.05, 4.69) is 76.2 Å². The highest BCUT2D eigenvalue weighted by atomic mass is 32.2. The van der Waals surface area contributed by atoms with Crippen LogP contribution in [0.1, 0.15) is 131 Å². The number of amidine groups is 1. The highest BCUT2D eigenvalue weighted by Gasteiger charge is 2.28. The van der Waals surface area contributed by atoms with E-state index in [4.69, 9.17) is 4.99 Å². The molecule has 1 aliphatic rings. The fourth-order valence-electron chi connectivity index (χ4n) is 4.41. The molecule has 1 aliphatic heterocycles. The Bertz CT molecular complexity index is 1030. The Morgan fingerprint density at radius 1 is 1.09 bits per heavy atom. The number of thioether (sulfide) groups is 1. The normalized spacial score (nSPS) is 14.8. The fourth-order valence-corrected chi connectivity index (χ4v) is 5.25. The molecule has 0 spiro atoms. The van der Waals surface area contributed by atoms with Gasteiger partial charge in [-0.3, -0.25) is 9.59 Å². The van der Waals surface area contributed by atoms with E-state index in [1.54, 1.807) is 17.8 Å². The molecule has 0 radical (unpaired) electrons. The molecular formula is C37H61N3O2S. The Morgan fingerprint density at radius 3 is 2.21 bits per heavy atom. The molecule has 1 atom stereocenters. The van der Waals surface area contributed by atoms with Crippen LogP contribution in [0.2, 0.25) is 0 Å². The minimum absolute atomic E-state index is 0.00152. The van der Waals surface area contributed by atoms with Crippen molar-refractivity contribution < 1.29 is 9.59 Å². The number of carbonyl (C=O) groups excluding carboxylic acids is 2. The molecule has 1 N–H and O–H groups in total. The monoisotopic (exact) mass is 611 g/mol. The lowest BCUT2D eigenvalue weighted by Gasteiger charge is -2.31. The number of piperidine rings is 1. The van der Waals surface area contributed by atoms with E-state index < -0.39 is 0 Å². The third kappa shape index (κ3) is 15.1. The highest BCUT2D eigenvalue weighted by molar-refractivity contribution is 8.10. The molecule has 6 heteroatoms. The van der Waals surface area contributed by atoms with Gasteiger partial charge in [0, 0.05) is 36.3 Å². The zero-order chi connectivity index (χ0) is 32.6. The summed E-state index contributed by atoms with van der Waals surface area (Å²) in [7, 11) is 0. The van der Waals surface area contributed by atoms with Gasteiger partial charge in [0.15, 0.2) is 0 Å². The van der Waals surface area contributed by atoms with Crippen molar-refractivity contribution in [1.82, 2.24) is 10.2 Å². The van der Waals surface area contributed by atoms with Crippen LogP contribution in [-0.4, -0.2) is 35.6 Å². The number of amides is 2. The first-order valence-electron chi connectivity index (χ1n) is 16.7. The van der Waals surface area contributed by atoms with Crippen molar-refractivity contribution in [3.63, 3.8) is 0 Å². The second kappa shape index (κ2) is 24.8. The lowest BCUT2D eigenvalue weighted by atomic mass is 9.95. The number of aliphatic imine (C=N–C) groups is 1. The van der Waals surface area contributed by atoms with Crippen LogP contribution in [0.4, 0.5) is 5.69 Å². The first-order valence-corrected chi connectivity index (χ1v) is 17.6. The van der Waals surface area contributed by atoms with Crippen molar-refractivity contribution in [1.29, 1.82) is 0 Å². The summed E-state index contributed by atoms with van der Waals surface area (Å²) in [6.07, 6.45) is 15.3. The molecule has 2 amide bonds. The van der Waals surface area contributed by atoms with Crippen LogP contribution in [-0.2, 0) is 9.59 Å². The van der Waals surface area contributed by atoms with Crippen LogP contribution in [0.15, 0.2) is 47.3 Å². The molecule has 43 heavy (non-hydrogen) atoms. The number of carbonyl (C=O) groups is 2. The maximum Gasteiger partial charge on any atom is 0.228 e. The Morgan fingerprint density at radius 2 is 1.72 bits per heavy atom. The summed E-state index contributed by atoms with van der Waals surface area (Å²) < 4.78 is 0. The van der Waals surface area contributed by atoms with Crippen LogP contribution in [0.5, 0.6) is 0 Å². The predicted molar refractivity (Wildman–Crippen MR) is 193 cm³/mol. The Labute approximate surface area is 268 Å². The van der Waals surface area contributed by atoms with Gasteiger partial charge in [-0.15, -0.1) is 0 Å². The predicted octanol–water partition coefficient (Wildman–Crippen LogP) is 10.8. The van der Waals surface area contributed by atoms with Crippen LogP contribution in [0, 0.1) is 11.8 Å². The van der Waals surface area contributed by atoms with Gasteiger partial charge in [-0.2, -0.15) is 0 Å². The molecule has 242 valence electrons. The van der Waals surface area contributed by atoms with Crippen molar-refractivity contribution in [3.05, 3.63) is 53.5 Å². The number of hydrogen-bond acceptors (Lipinski definition) is 4. The molecule has 1 saturated heterocycles. The van der Waals surface area contributed by atoms with Gasteiger partial charge in [0.05, 0.1) is 5.69 Å². The van der Waals surface area contributed by atoms with E-state index in [9.17, 15) is 9.59 Å². The fraction of sp³-hybridized carbons (Fsp3) is 0.595. The lowest BCUT2D eigenvalue weighted by molar-refractivity contribution is -0.135. The zero-order valence-corrected chi connectivity index (χ0v) is 29.6. The van der Waals surface area contributed by atoms with Gasteiger partial charge >= 0.3 is 0 Å². The number of likely N-dealkylation sites (tertiary alicyclic amines) is 1. The summed E-state index contributed by atoms with van der Waals surface area (Å²) in [5, 5.41) is 5.26.